The Morgan fingerprint density at radius 3 is 2.97 bits per heavy atom. The third-order valence-electron chi connectivity index (χ3n) is 5.81. The molecule has 158 valence electrons. The van der Waals surface area contributed by atoms with Crippen LogP contribution in [0.2, 0.25) is 0 Å². The molecule has 1 aliphatic heterocycles. The minimum atomic E-state index is 0.0193. The van der Waals surface area contributed by atoms with Gasteiger partial charge >= 0.3 is 0 Å². The summed E-state index contributed by atoms with van der Waals surface area (Å²) in [5, 5.41) is 14.3. The fourth-order valence-electron chi connectivity index (χ4n) is 4.32. The normalized spacial score (nSPS) is 17.4. The van der Waals surface area contributed by atoms with Crippen LogP contribution in [-0.4, -0.2) is 75.9 Å². The molecular weight excluding hydrogens is 378 g/mol. The average molecular weight is 408 g/mol. The van der Waals surface area contributed by atoms with Crippen LogP contribution in [-0.2, 0) is 6.54 Å². The lowest BCUT2D eigenvalue weighted by Crippen LogP contribution is -2.40. The summed E-state index contributed by atoms with van der Waals surface area (Å²) in [6.07, 6.45) is 5.92. The van der Waals surface area contributed by atoms with E-state index >= 15 is 0 Å². The van der Waals surface area contributed by atoms with E-state index in [1.807, 2.05) is 48.5 Å². The number of hydrogen-bond acceptors (Lipinski definition) is 5. The number of carbonyl (C=O) groups is 1. The van der Waals surface area contributed by atoms with Crippen molar-refractivity contribution in [1.29, 1.82) is 0 Å². The standard InChI is InChI=1S/C23H29N5O2/c1-26-9-5-6-17(14-26)15-27(2)23(30)20-12-22(18-13-24-28(16-18)10-11-29)25-21-8-4-3-7-19(20)21/h3-4,7-8,12-13,16-17,29H,5-6,9-11,14-15H2,1-2H3/t17-/m0/s1. The van der Waals surface area contributed by atoms with Gasteiger partial charge in [0.05, 0.1) is 36.1 Å². The minimum Gasteiger partial charge on any atom is -0.394 e. The minimum absolute atomic E-state index is 0.0193. The maximum absolute atomic E-state index is 13.4. The number of amides is 1. The summed E-state index contributed by atoms with van der Waals surface area (Å²) in [5.74, 6) is 0.521. The van der Waals surface area contributed by atoms with Crippen molar-refractivity contribution < 1.29 is 9.90 Å². The third kappa shape index (κ3) is 4.37. The highest BCUT2D eigenvalue weighted by atomic mass is 16.3. The van der Waals surface area contributed by atoms with Crippen LogP contribution in [0.5, 0.6) is 0 Å². The van der Waals surface area contributed by atoms with E-state index in [-0.39, 0.29) is 12.5 Å². The summed E-state index contributed by atoms with van der Waals surface area (Å²) < 4.78 is 1.68. The molecule has 3 heterocycles. The second-order valence-corrected chi connectivity index (χ2v) is 8.24. The Kier molecular flexibility index (Phi) is 6.11. The van der Waals surface area contributed by atoms with Gasteiger partial charge in [0.25, 0.3) is 5.91 Å². The molecule has 1 saturated heterocycles. The number of likely N-dealkylation sites (tertiary alicyclic amines) is 1. The Hall–Kier alpha value is -2.77. The summed E-state index contributed by atoms with van der Waals surface area (Å²) in [4.78, 5) is 22.4. The van der Waals surface area contributed by atoms with Gasteiger partial charge in [0, 0.05) is 37.3 Å². The molecule has 2 aromatic heterocycles. The summed E-state index contributed by atoms with van der Waals surface area (Å²) in [7, 11) is 4.04. The molecule has 4 rings (SSSR count). The molecule has 30 heavy (non-hydrogen) atoms. The molecule has 3 aromatic rings. The lowest BCUT2D eigenvalue weighted by Gasteiger charge is -2.32. The van der Waals surface area contributed by atoms with Crippen molar-refractivity contribution in [2.45, 2.75) is 19.4 Å². The predicted octanol–water partition coefficient (Wildman–Crippen LogP) is 2.50. The average Bonchev–Trinajstić information content (AvgIpc) is 3.21. The highest BCUT2D eigenvalue weighted by molar-refractivity contribution is 6.07. The van der Waals surface area contributed by atoms with Gasteiger partial charge in [0.2, 0.25) is 0 Å². The smallest absolute Gasteiger partial charge is 0.254 e. The van der Waals surface area contributed by atoms with Crippen LogP contribution in [0.1, 0.15) is 23.2 Å². The monoisotopic (exact) mass is 407 g/mol. The van der Waals surface area contributed by atoms with Crippen LogP contribution in [0, 0.1) is 5.92 Å². The van der Waals surface area contributed by atoms with Crippen molar-refractivity contribution >= 4 is 16.8 Å². The predicted molar refractivity (Wildman–Crippen MR) is 117 cm³/mol. The largest absolute Gasteiger partial charge is 0.394 e. The maximum Gasteiger partial charge on any atom is 0.254 e. The van der Waals surface area contributed by atoms with Crippen molar-refractivity contribution in [3.8, 4) is 11.3 Å². The van der Waals surface area contributed by atoms with Crippen LogP contribution in [0.25, 0.3) is 22.2 Å². The lowest BCUT2D eigenvalue weighted by atomic mass is 9.97. The van der Waals surface area contributed by atoms with E-state index < -0.39 is 0 Å². The highest BCUT2D eigenvalue weighted by Gasteiger charge is 2.23. The number of aliphatic hydroxyl groups excluding tert-OH is 1. The Morgan fingerprint density at radius 2 is 2.17 bits per heavy atom. The molecule has 1 aliphatic rings. The number of hydrogen-bond donors (Lipinski definition) is 1. The van der Waals surface area contributed by atoms with E-state index in [9.17, 15) is 4.79 Å². The van der Waals surface area contributed by atoms with Crippen molar-refractivity contribution in [3.63, 3.8) is 0 Å². The molecule has 0 unspecified atom stereocenters. The molecule has 7 nitrogen and oxygen atoms in total. The first-order valence-electron chi connectivity index (χ1n) is 10.5. The Labute approximate surface area is 176 Å². The van der Waals surface area contributed by atoms with Crippen LogP contribution in [0.15, 0.2) is 42.7 Å². The lowest BCUT2D eigenvalue weighted by molar-refractivity contribution is 0.0742. The Balaban J connectivity index is 1.65. The fourth-order valence-corrected chi connectivity index (χ4v) is 4.32. The number of para-hydroxylation sites is 1. The molecule has 0 aliphatic carbocycles. The number of benzene rings is 1. The Bertz CT molecular complexity index is 1030. The van der Waals surface area contributed by atoms with E-state index in [1.54, 1.807) is 10.9 Å². The number of carbonyl (C=O) groups excluding carboxylic acids is 1. The first-order chi connectivity index (χ1) is 14.5. The molecule has 7 heteroatoms. The third-order valence-corrected chi connectivity index (χ3v) is 5.81. The maximum atomic E-state index is 13.4. The quantitative estimate of drug-likeness (QED) is 0.680. The van der Waals surface area contributed by atoms with Gasteiger partial charge in [-0.2, -0.15) is 5.10 Å². The zero-order chi connectivity index (χ0) is 21.1. The number of fused-ring (bicyclic) bond motifs is 1. The SMILES string of the molecule is CN1CCC[C@H](CN(C)C(=O)c2cc(-c3cnn(CCO)c3)nc3ccccc23)C1. The van der Waals surface area contributed by atoms with E-state index in [1.165, 1.54) is 6.42 Å². The molecule has 0 bridgehead atoms. The molecule has 1 aromatic carbocycles. The number of pyridine rings is 1. The molecular formula is C23H29N5O2. The van der Waals surface area contributed by atoms with Crippen LogP contribution in [0.4, 0.5) is 0 Å². The van der Waals surface area contributed by atoms with Gasteiger partial charge in [-0.15, -0.1) is 0 Å². The number of piperidine rings is 1. The van der Waals surface area contributed by atoms with Gasteiger partial charge < -0.3 is 14.9 Å². The zero-order valence-corrected chi connectivity index (χ0v) is 17.7. The summed E-state index contributed by atoms with van der Waals surface area (Å²) in [6.45, 7) is 3.37. The molecule has 0 radical (unpaired) electrons. The van der Waals surface area contributed by atoms with Crippen molar-refractivity contribution in [3.05, 3.63) is 48.3 Å². The molecule has 1 fully saturated rings. The van der Waals surface area contributed by atoms with Crippen molar-refractivity contribution in [2.75, 3.05) is 40.3 Å². The number of aliphatic hydroxyl groups is 1. The van der Waals surface area contributed by atoms with Gasteiger partial charge in [-0.05, 0) is 44.5 Å². The van der Waals surface area contributed by atoms with Gasteiger partial charge in [0.15, 0.2) is 0 Å². The Morgan fingerprint density at radius 1 is 1.33 bits per heavy atom. The summed E-state index contributed by atoms with van der Waals surface area (Å²) >= 11 is 0. The number of aromatic nitrogens is 3. The van der Waals surface area contributed by atoms with Gasteiger partial charge in [-0.25, -0.2) is 4.98 Å². The van der Waals surface area contributed by atoms with Gasteiger partial charge in [-0.3, -0.25) is 9.48 Å². The highest BCUT2D eigenvalue weighted by Crippen LogP contribution is 2.26. The molecule has 1 amide bonds. The van der Waals surface area contributed by atoms with Crippen molar-refractivity contribution in [2.24, 2.45) is 5.92 Å². The topological polar surface area (TPSA) is 74.5 Å². The van der Waals surface area contributed by atoms with Crippen LogP contribution < -0.4 is 0 Å². The van der Waals surface area contributed by atoms with Crippen LogP contribution >= 0.6 is 0 Å². The van der Waals surface area contributed by atoms with E-state index in [2.05, 4.69) is 17.0 Å². The molecule has 1 atom stereocenters. The number of nitrogens with zero attached hydrogens (tertiary/aromatic N) is 5. The first kappa shape index (κ1) is 20.5. The zero-order valence-electron chi connectivity index (χ0n) is 17.7. The van der Waals surface area contributed by atoms with Gasteiger partial charge in [-0.1, -0.05) is 18.2 Å². The van der Waals surface area contributed by atoms with E-state index in [0.29, 0.717) is 23.7 Å². The fraction of sp³-hybridized carbons (Fsp3) is 0.435. The molecule has 1 N–H and O–H groups in total. The second kappa shape index (κ2) is 8.93. The van der Waals surface area contributed by atoms with E-state index in [0.717, 1.165) is 42.5 Å². The number of rotatable bonds is 6. The summed E-state index contributed by atoms with van der Waals surface area (Å²) in [5.41, 5.74) is 3.00. The first-order valence-corrected chi connectivity index (χ1v) is 10.5. The summed E-state index contributed by atoms with van der Waals surface area (Å²) in [6, 6.07) is 9.63. The van der Waals surface area contributed by atoms with Crippen LogP contribution in [0.3, 0.4) is 0 Å². The van der Waals surface area contributed by atoms with Gasteiger partial charge in [0.1, 0.15) is 0 Å². The van der Waals surface area contributed by atoms with Crippen molar-refractivity contribution in [1.82, 2.24) is 24.6 Å². The molecule has 0 spiro atoms. The second-order valence-electron chi connectivity index (χ2n) is 8.24. The van der Waals surface area contributed by atoms with E-state index in [4.69, 9.17) is 10.1 Å². The molecule has 0 saturated carbocycles.